The Hall–Kier alpha value is -1.24. The second kappa shape index (κ2) is 3.65. The van der Waals surface area contributed by atoms with Crippen molar-refractivity contribution in [2.45, 2.75) is 26.3 Å². The summed E-state index contributed by atoms with van der Waals surface area (Å²) >= 11 is 0. The Bertz CT molecular complexity index is 342. The van der Waals surface area contributed by atoms with Crippen LogP contribution >= 0.6 is 0 Å². The normalized spacial score (nSPS) is 15.0. The van der Waals surface area contributed by atoms with Crippen molar-refractivity contribution in [3.63, 3.8) is 0 Å². The molecule has 68 valence electrons. The molecule has 0 saturated carbocycles. The Morgan fingerprint density at radius 2 is 2.38 bits per heavy atom. The Morgan fingerprint density at radius 3 is 3.08 bits per heavy atom. The lowest BCUT2D eigenvalue weighted by atomic mass is 10.1. The van der Waals surface area contributed by atoms with Crippen LogP contribution in [0, 0.1) is 0 Å². The van der Waals surface area contributed by atoms with Gasteiger partial charge in [-0.05, 0) is 25.5 Å². The van der Waals surface area contributed by atoms with Crippen LogP contribution < -0.4 is 0 Å². The van der Waals surface area contributed by atoms with Gasteiger partial charge in [-0.15, -0.1) is 0 Å². The second-order valence-electron chi connectivity index (χ2n) is 3.42. The van der Waals surface area contributed by atoms with Gasteiger partial charge in [-0.25, -0.2) is 0 Å². The number of rotatable bonds is 3. The summed E-state index contributed by atoms with van der Waals surface area (Å²) in [6.07, 6.45) is 11.0. The predicted molar refractivity (Wildman–Crippen MR) is 55.7 cm³/mol. The quantitative estimate of drug-likeness (QED) is 0.662. The van der Waals surface area contributed by atoms with Crippen LogP contribution in [0.5, 0.6) is 0 Å². The van der Waals surface area contributed by atoms with Gasteiger partial charge < -0.3 is 4.57 Å². The smallest absolute Gasteiger partial charge is 0.0215 e. The van der Waals surface area contributed by atoms with Gasteiger partial charge >= 0.3 is 0 Å². The number of aryl methyl sites for hydroxylation is 1. The molecule has 1 nitrogen and oxygen atoms in total. The van der Waals surface area contributed by atoms with E-state index in [1.165, 1.54) is 11.3 Å². The molecule has 0 unspecified atom stereocenters. The molecule has 0 fully saturated rings. The molecule has 0 aromatic carbocycles. The molecule has 1 heteroatoms. The molecule has 0 saturated heterocycles. The molecular formula is C12H15N. The van der Waals surface area contributed by atoms with Crippen LogP contribution in [0.3, 0.4) is 0 Å². The van der Waals surface area contributed by atoms with E-state index in [1.807, 2.05) is 0 Å². The zero-order valence-corrected chi connectivity index (χ0v) is 8.03. The van der Waals surface area contributed by atoms with E-state index in [0.29, 0.717) is 0 Å². The van der Waals surface area contributed by atoms with E-state index in [1.54, 1.807) is 0 Å². The third-order valence-corrected chi connectivity index (χ3v) is 2.52. The van der Waals surface area contributed by atoms with Gasteiger partial charge in [-0.3, -0.25) is 0 Å². The van der Waals surface area contributed by atoms with Crippen molar-refractivity contribution in [1.82, 2.24) is 4.57 Å². The highest BCUT2D eigenvalue weighted by atomic mass is 14.9. The SMILES string of the molecule is CCn1cccc1CC1=CC=CC1. The molecule has 0 spiro atoms. The van der Waals surface area contributed by atoms with Crippen molar-refractivity contribution in [3.8, 4) is 0 Å². The topological polar surface area (TPSA) is 4.93 Å². The summed E-state index contributed by atoms with van der Waals surface area (Å²) in [7, 11) is 0. The Kier molecular flexibility index (Phi) is 2.35. The maximum Gasteiger partial charge on any atom is 0.0215 e. The zero-order chi connectivity index (χ0) is 9.10. The van der Waals surface area contributed by atoms with Crippen LogP contribution in [0.2, 0.25) is 0 Å². The van der Waals surface area contributed by atoms with Crippen molar-refractivity contribution >= 4 is 0 Å². The summed E-state index contributed by atoms with van der Waals surface area (Å²) in [6.45, 7) is 3.26. The highest BCUT2D eigenvalue weighted by Gasteiger charge is 2.04. The molecular weight excluding hydrogens is 158 g/mol. The van der Waals surface area contributed by atoms with Gasteiger partial charge in [0.2, 0.25) is 0 Å². The summed E-state index contributed by atoms with van der Waals surface area (Å²) < 4.78 is 2.30. The summed E-state index contributed by atoms with van der Waals surface area (Å²) in [5.41, 5.74) is 2.95. The second-order valence-corrected chi connectivity index (χ2v) is 3.42. The van der Waals surface area contributed by atoms with E-state index in [2.05, 4.69) is 48.0 Å². The van der Waals surface area contributed by atoms with E-state index in [4.69, 9.17) is 0 Å². The lowest BCUT2D eigenvalue weighted by Crippen LogP contribution is -1.99. The van der Waals surface area contributed by atoms with Gasteiger partial charge in [-0.2, -0.15) is 0 Å². The third-order valence-electron chi connectivity index (χ3n) is 2.52. The molecule has 0 bridgehead atoms. The van der Waals surface area contributed by atoms with Gasteiger partial charge in [-0.1, -0.05) is 23.8 Å². The minimum absolute atomic E-state index is 1.07. The minimum atomic E-state index is 1.07. The van der Waals surface area contributed by atoms with E-state index in [0.717, 1.165) is 19.4 Å². The lowest BCUT2D eigenvalue weighted by Gasteiger charge is -2.06. The van der Waals surface area contributed by atoms with Crippen molar-refractivity contribution in [1.29, 1.82) is 0 Å². The van der Waals surface area contributed by atoms with Gasteiger partial charge in [0, 0.05) is 24.9 Å². The zero-order valence-electron chi connectivity index (χ0n) is 8.03. The first kappa shape index (κ1) is 8.36. The first-order valence-corrected chi connectivity index (χ1v) is 4.88. The molecule has 0 aliphatic heterocycles. The van der Waals surface area contributed by atoms with Crippen molar-refractivity contribution < 1.29 is 0 Å². The Balaban J connectivity index is 2.09. The lowest BCUT2D eigenvalue weighted by molar-refractivity contribution is 0.724. The summed E-state index contributed by atoms with van der Waals surface area (Å²) in [6, 6.07) is 4.34. The molecule has 1 aromatic heterocycles. The first-order valence-electron chi connectivity index (χ1n) is 4.88. The largest absolute Gasteiger partial charge is 0.351 e. The van der Waals surface area contributed by atoms with E-state index >= 15 is 0 Å². The molecule has 0 N–H and O–H groups in total. The fourth-order valence-electron chi connectivity index (χ4n) is 1.77. The molecule has 2 rings (SSSR count). The summed E-state index contributed by atoms with van der Waals surface area (Å²) in [5, 5.41) is 0. The van der Waals surface area contributed by atoms with E-state index < -0.39 is 0 Å². The van der Waals surface area contributed by atoms with Crippen LogP contribution in [0.25, 0.3) is 0 Å². The predicted octanol–water partition coefficient (Wildman–Crippen LogP) is 2.94. The summed E-state index contributed by atoms with van der Waals surface area (Å²) in [5.74, 6) is 0. The molecule has 0 radical (unpaired) electrons. The molecule has 1 heterocycles. The maximum atomic E-state index is 2.30. The fraction of sp³-hybridized carbons (Fsp3) is 0.333. The molecule has 0 atom stereocenters. The molecule has 1 aromatic rings. The fourth-order valence-corrected chi connectivity index (χ4v) is 1.77. The van der Waals surface area contributed by atoms with Gasteiger partial charge in [0.05, 0.1) is 0 Å². The average molecular weight is 173 g/mol. The van der Waals surface area contributed by atoms with Crippen molar-refractivity contribution in [2.75, 3.05) is 0 Å². The maximum absolute atomic E-state index is 2.30. The molecule has 1 aliphatic carbocycles. The molecule has 1 aliphatic rings. The highest BCUT2D eigenvalue weighted by molar-refractivity contribution is 5.27. The third kappa shape index (κ3) is 1.74. The van der Waals surface area contributed by atoms with Crippen LogP contribution in [-0.4, -0.2) is 4.57 Å². The number of hydrogen-bond acceptors (Lipinski definition) is 0. The van der Waals surface area contributed by atoms with Crippen LogP contribution in [0.4, 0.5) is 0 Å². The minimum Gasteiger partial charge on any atom is -0.351 e. The Morgan fingerprint density at radius 1 is 1.46 bits per heavy atom. The van der Waals surface area contributed by atoms with Crippen LogP contribution in [0.15, 0.2) is 42.1 Å². The number of aromatic nitrogens is 1. The average Bonchev–Trinajstić information content (AvgIpc) is 2.76. The number of nitrogens with zero attached hydrogens (tertiary/aromatic N) is 1. The van der Waals surface area contributed by atoms with Crippen molar-refractivity contribution in [3.05, 3.63) is 47.8 Å². The van der Waals surface area contributed by atoms with Gasteiger partial charge in [0.15, 0.2) is 0 Å². The van der Waals surface area contributed by atoms with Crippen molar-refractivity contribution in [2.24, 2.45) is 0 Å². The number of allylic oxidation sites excluding steroid dienone is 4. The first-order chi connectivity index (χ1) is 6.40. The van der Waals surface area contributed by atoms with Crippen LogP contribution in [0.1, 0.15) is 19.0 Å². The van der Waals surface area contributed by atoms with Gasteiger partial charge in [0.25, 0.3) is 0 Å². The molecule has 13 heavy (non-hydrogen) atoms. The molecule has 0 amide bonds. The summed E-state index contributed by atoms with van der Waals surface area (Å²) in [4.78, 5) is 0. The highest BCUT2D eigenvalue weighted by Crippen LogP contribution is 2.16. The standard InChI is InChI=1S/C12H15N/c1-2-13-9-5-8-12(13)10-11-6-3-4-7-11/h3-6,8-9H,2,7,10H2,1H3. The number of hydrogen-bond donors (Lipinski definition) is 0. The van der Waals surface area contributed by atoms with E-state index in [9.17, 15) is 0 Å². The van der Waals surface area contributed by atoms with Crippen LogP contribution in [-0.2, 0) is 13.0 Å². The van der Waals surface area contributed by atoms with Gasteiger partial charge in [0.1, 0.15) is 0 Å². The Labute approximate surface area is 79.4 Å². The van der Waals surface area contributed by atoms with E-state index in [-0.39, 0.29) is 0 Å². The monoisotopic (exact) mass is 173 g/mol.